The van der Waals surface area contributed by atoms with Crippen LogP contribution in [-0.4, -0.2) is 28.2 Å². The molecule has 0 unspecified atom stereocenters. The third-order valence-electron chi connectivity index (χ3n) is 4.66. The number of sulfonamides is 1. The van der Waals surface area contributed by atoms with Crippen molar-refractivity contribution in [3.8, 4) is 17.4 Å². The summed E-state index contributed by atoms with van der Waals surface area (Å²) in [5, 5.41) is 4.45. The van der Waals surface area contributed by atoms with E-state index in [1.807, 2.05) is 32.9 Å². The maximum atomic E-state index is 12.6. The first-order valence-corrected chi connectivity index (χ1v) is 11.4. The molecule has 1 N–H and O–H groups in total. The molecule has 0 saturated carbocycles. The van der Waals surface area contributed by atoms with E-state index < -0.39 is 10.0 Å². The molecule has 0 aliphatic heterocycles. The van der Waals surface area contributed by atoms with Crippen LogP contribution in [0.15, 0.2) is 65.6 Å². The lowest BCUT2D eigenvalue weighted by Gasteiger charge is -2.11. The van der Waals surface area contributed by atoms with E-state index in [1.54, 1.807) is 60.1 Å². The number of hydrogen-bond donors (Lipinski definition) is 1. The Bertz CT molecular complexity index is 1380. The molecule has 2 aromatic heterocycles. The van der Waals surface area contributed by atoms with Crippen molar-refractivity contribution in [1.29, 1.82) is 0 Å². The topological polar surface area (TPSA) is 99.0 Å². The summed E-state index contributed by atoms with van der Waals surface area (Å²) in [7, 11) is -3.67. The molecule has 0 spiro atoms. The Kier molecular flexibility index (Phi) is 5.67. The number of ether oxygens (including phenoxy) is 1. The van der Waals surface area contributed by atoms with Gasteiger partial charge in [0, 0.05) is 17.4 Å². The monoisotopic (exact) mass is 449 g/mol. The molecular weight excluding hydrogens is 426 g/mol. The summed E-state index contributed by atoms with van der Waals surface area (Å²) in [4.78, 5) is 8.99. The van der Waals surface area contributed by atoms with Crippen LogP contribution in [0, 0.1) is 27.7 Å². The van der Waals surface area contributed by atoms with Crippen molar-refractivity contribution in [3.05, 3.63) is 83.4 Å². The van der Waals surface area contributed by atoms with Crippen molar-refractivity contribution >= 4 is 15.7 Å². The van der Waals surface area contributed by atoms with Crippen LogP contribution in [0.2, 0.25) is 0 Å². The van der Waals surface area contributed by atoms with Gasteiger partial charge in [-0.25, -0.2) is 18.1 Å². The maximum Gasteiger partial charge on any atom is 0.261 e. The predicted molar refractivity (Wildman–Crippen MR) is 122 cm³/mol. The zero-order valence-corrected chi connectivity index (χ0v) is 19.0. The van der Waals surface area contributed by atoms with Crippen molar-refractivity contribution in [2.45, 2.75) is 32.6 Å². The number of hydrogen-bond acceptors (Lipinski definition) is 6. The normalized spacial score (nSPS) is 11.4. The van der Waals surface area contributed by atoms with Crippen LogP contribution in [0.25, 0.3) is 5.82 Å². The van der Waals surface area contributed by atoms with Crippen LogP contribution in [0.5, 0.6) is 11.6 Å². The third kappa shape index (κ3) is 4.78. The molecule has 2 heterocycles. The Balaban J connectivity index is 1.52. The van der Waals surface area contributed by atoms with Gasteiger partial charge < -0.3 is 4.74 Å². The van der Waals surface area contributed by atoms with Gasteiger partial charge in [-0.2, -0.15) is 10.1 Å². The molecule has 4 rings (SSSR count). The lowest BCUT2D eigenvalue weighted by atomic mass is 10.2. The second-order valence-electron chi connectivity index (χ2n) is 7.50. The minimum absolute atomic E-state index is 0.214. The first kappa shape index (κ1) is 21.5. The SMILES string of the molecule is Cc1cccc(S(=O)(=O)Nc2ccc(Oc3cc(-n4nc(C)cc4C)nc(C)n3)cc2)c1. The highest BCUT2D eigenvalue weighted by Crippen LogP contribution is 2.25. The van der Waals surface area contributed by atoms with Gasteiger partial charge in [-0.05, 0) is 75.7 Å². The summed E-state index contributed by atoms with van der Waals surface area (Å²) < 4.78 is 35.4. The van der Waals surface area contributed by atoms with Crippen LogP contribution in [0.1, 0.15) is 22.8 Å². The molecule has 0 bridgehead atoms. The first-order valence-electron chi connectivity index (χ1n) is 9.96. The van der Waals surface area contributed by atoms with Crippen molar-refractivity contribution < 1.29 is 13.2 Å². The smallest absolute Gasteiger partial charge is 0.261 e. The quantitative estimate of drug-likeness (QED) is 0.466. The zero-order chi connectivity index (χ0) is 22.9. The zero-order valence-electron chi connectivity index (χ0n) is 18.2. The summed E-state index contributed by atoms with van der Waals surface area (Å²) in [5.74, 6) is 2.04. The van der Waals surface area contributed by atoms with Crippen molar-refractivity contribution in [3.63, 3.8) is 0 Å². The Morgan fingerprint density at radius 1 is 0.906 bits per heavy atom. The highest BCUT2D eigenvalue weighted by molar-refractivity contribution is 7.92. The third-order valence-corrected chi connectivity index (χ3v) is 6.04. The molecule has 0 radical (unpaired) electrons. The fourth-order valence-electron chi connectivity index (χ4n) is 3.26. The molecule has 2 aromatic carbocycles. The number of nitrogens with zero attached hydrogens (tertiary/aromatic N) is 4. The summed E-state index contributed by atoms with van der Waals surface area (Å²) in [5.41, 5.74) is 3.15. The van der Waals surface area contributed by atoms with E-state index in [9.17, 15) is 8.42 Å². The van der Waals surface area contributed by atoms with Crippen LogP contribution >= 0.6 is 0 Å². The summed E-state index contributed by atoms with van der Waals surface area (Å²) in [6.07, 6.45) is 0. The summed E-state index contributed by atoms with van der Waals surface area (Å²) in [6.45, 7) is 7.50. The standard InChI is InChI=1S/C23H23N5O3S/c1-15-6-5-7-21(12-15)32(29,30)27-19-8-10-20(11-9-19)31-23-14-22(24-18(4)25-23)28-17(3)13-16(2)26-28/h5-14,27H,1-4H3. The fourth-order valence-corrected chi connectivity index (χ4v) is 4.42. The molecule has 9 heteroatoms. The highest BCUT2D eigenvalue weighted by Gasteiger charge is 2.14. The van der Waals surface area contributed by atoms with Gasteiger partial charge >= 0.3 is 0 Å². The predicted octanol–water partition coefficient (Wildman–Crippen LogP) is 4.49. The van der Waals surface area contributed by atoms with Crippen LogP contribution in [0.4, 0.5) is 5.69 Å². The number of rotatable bonds is 6. The molecule has 0 saturated heterocycles. The lowest BCUT2D eigenvalue weighted by molar-refractivity contribution is 0.459. The Labute approximate surface area is 187 Å². The molecular formula is C23H23N5O3S. The van der Waals surface area contributed by atoms with E-state index in [4.69, 9.17) is 4.74 Å². The molecule has 4 aromatic rings. The van der Waals surface area contributed by atoms with E-state index >= 15 is 0 Å². The Hall–Kier alpha value is -3.72. The van der Waals surface area contributed by atoms with Gasteiger partial charge in [0.1, 0.15) is 11.6 Å². The Morgan fingerprint density at radius 3 is 2.31 bits per heavy atom. The molecule has 0 aliphatic carbocycles. The van der Waals surface area contributed by atoms with Gasteiger partial charge in [0.2, 0.25) is 5.88 Å². The lowest BCUT2D eigenvalue weighted by Crippen LogP contribution is -2.12. The van der Waals surface area contributed by atoms with E-state index in [1.165, 1.54) is 0 Å². The van der Waals surface area contributed by atoms with E-state index in [0.29, 0.717) is 29.0 Å². The van der Waals surface area contributed by atoms with Gasteiger partial charge in [0.05, 0.1) is 10.6 Å². The first-order chi connectivity index (χ1) is 15.2. The van der Waals surface area contributed by atoms with Crippen molar-refractivity contribution in [1.82, 2.24) is 19.7 Å². The number of aromatic nitrogens is 4. The van der Waals surface area contributed by atoms with Gasteiger partial charge in [0.25, 0.3) is 10.0 Å². The second-order valence-corrected chi connectivity index (χ2v) is 9.18. The molecule has 0 amide bonds. The fraction of sp³-hybridized carbons (Fsp3) is 0.174. The van der Waals surface area contributed by atoms with Crippen LogP contribution in [0.3, 0.4) is 0 Å². The van der Waals surface area contributed by atoms with Crippen LogP contribution < -0.4 is 9.46 Å². The maximum absolute atomic E-state index is 12.6. The Morgan fingerprint density at radius 2 is 1.66 bits per heavy atom. The van der Waals surface area contributed by atoms with E-state index in [-0.39, 0.29) is 4.90 Å². The van der Waals surface area contributed by atoms with E-state index in [2.05, 4.69) is 19.8 Å². The molecule has 32 heavy (non-hydrogen) atoms. The summed E-state index contributed by atoms with van der Waals surface area (Å²) >= 11 is 0. The summed E-state index contributed by atoms with van der Waals surface area (Å²) in [6, 6.07) is 17.0. The van der Waals surface area contributed by atoms with Gasteiger partial charge in [0.15, 0.2) is 5.82 Å². The van der Waals surface area contributed by atoms with Crippen LogP contribution in [-0.2, 0) is 10.0 Å². The largest absolute Gasteiger partial charge is 0.439 e. The average Bonchev–Trinajstić information content (AvgIpc) is 3.07. The number of benzene rings is 2. The minimum Gasteiger partial charge on any atom is -0.439 e. The number of nitrogens with one attached hydrogen (secondary N) is 1. The van der Waals surface area contributed by atoms with Gasteiger partial charge in [-0.3, -0.25) is 4.72 Å². The van der Waals surface area contributed by atoms with E-state index in [0.717, 1.165) is 17.0 Å². The molecule has 0 atom stereocenters. The number of anilines is 1. The van der Waals surface area contributed by atoms with Crippen molar-refractivity contribution in [2.24, 2.45) is 0 Å². The van der Waals surface area contributed by atoms with Gasteiger partial charge in [-0.1, -0.05) is 12.1 Å². The van der Waals surface area contributed by atoms with Crippen molar-refractivity contribution in [2.75, 3.05) is 4.72 Å². The van der Waals surface area contributed by atoms with Gasteiger partial charge in [-0.15, -0.1) is 0 Å². The molecule has 164 valence electrons. The number of aryl methyl sites for hydroxylation is 4. The average molecular weight is 450 g/mol. The molecule has 0 fully saturated rings. The second kappa shape index (κ2) is 8.43. The highest BCUT2D eigenvalue weighted by atomic mass is 32.2. The molecule has 0 aliphatic rings. The minimum atomic E-state index is -3.67. The molecule has 8 nitrogen and oxygen atoms in total.